The van der Waals surface area contributed by atoms with Crippen LogP contribution < -0.4 is 0 Å². The third-order valence-electron chi connectivity index (χ3n) is 2.55. The van der Waals surface area contributed by atoms with Crippen LogP contribution in [0.1, 0.15) is 0 Å². The van der Waals surface area contributed by atoms with Crippen molar-refractivity contribution < 1.29 is 71.0 Å². The summed E-state index contributed by atoms with van der Waals surface area (Å²) in [5.74, 6) is 1.02. The summed E-state index contributed by atoms with van der Waals surface area (Å²) < 4.78 is 0. The van der Waals surface area contributed by atoms with Gasteiger partial charge in [0.1, 0.15) is 34.5 Å². The summed E-state index contributed by atoms with van der Waals surface area (Å²) in [7, 11) is 0. The van der Waals surface area contributed by atoms with Gasteiger partial charge in [0.15, 0.2) is 0 Å². The van der Waals surface area contributed by atoms with Crippen molar-refractivity contribution in [2.75, 3.05) is 0 Å². The van der Waals surface area contributed by atoms with Crippen LogP contribution in [0.25, 0.3) is 0 Å². The maximum absolute atomic E-state index is 8.65. The van der Waals surface area contributed by atoms with Crippen LogP contribution >= 0.6 is 0 Å². The second-order valence-electron chi connectivity index (χ2n) is 4.55. The first-order valence-corrected chi connectivity index (χ1v) is 6.81. The zero-order chi connectivity index (χ0) is 17.9. The predicted molar refractivity (Wildman–Crippen MR) is 89.3 cm³/mol. The zero-order valence-corrected chi connectivity index (χ0v) is 15.6. The monoisotopic (exact) mass is 482 g/mol. The normalized spacial score (nSPS) is 8.64. The average Bonchev–Trinajstić information content (AvgIpc) is 2.57. The van der Waals surface area contributed by atoms with Gasteiger partial charge >= 0.3 is 0 Å². The van der Waals surface area contributed by atoms with E-state index in [0.29, 0.717) is 0 Å². The quantitative estimate of drug-likeness (QED) is 0.275. The number of rotatable bonds is 0. The number of hydrogen-bond donors (Lipinski definition) is 6. The van der Waals surface area contributed by atoms with E-state index in [-0.39, 0.29) is 74.9 Å². The van der Waals surface area contributed by atoms with Crippen molar-refractivity contribution in [1.82, 2.24) is 0 Å². The van der Waals surface area contributed by atoms with E-state index in [4.69, 9.17) is 30.6 Å². The standard InChI is InChI=1S/3C6H6O2.Sm/c3*7-5-1-2-6(8)4-3-5;/h3*1-4,7-8H;. The molecule has 0 atom stereocenters. The van der Waals surface area contributed by atoms with E-state index >= 15 is 0 Å². The Hall–Kier alpha value is -2.20. The fourth-order valence-corrected chi connectivity index (χ4v) is 1.36. The minimum atomic E-state index is 0. The first-order valence-electron chi connectivity index (χ1n) is 6.81. The van der Waals surface area contributed by atoms with Gasteiger partial charge in [-0.2, -0.15) is 0 Å². The van der Waals surface area contributed by atoms with Crippen molar-refractivity contribution >= 4 is 0 Å². The van der Waals surface area contributed by atoms with Crippen LogP contribution in [-0.4, -0.2) is 30.6 Å². The summed E-state index contributed by atoms with van der Waals surface area (Å²) in [4.78, 5) is 0. The van der Waals surface area contributed by atoms with Crippen molar-refractivity contribution in [2.45, 2.75) is 0 Å². The van der Waals surface area contributed by atoms with E-state index in [1.807, 2.05) is 0 Å². The summed E-state index contributed by atoms with van der Waals surface area (Å²) in [6.07, 6.45) is 0. The number of phenols is 6. The molecular formula is C18H18O6Sm. The molecule has 3 aromatic rings. The molecular weight excluding hydrogens is 463 g/mol. The van der Waals surface area contributed by atoms with Crippen molar-refractivity contribution in [1.29, 1.82) is 0 Å². The van der Waals surface area contributed by atoms with Crippen molar-refractivity contribution in [3.8, 4) is 34.5 Å². The third-order valence-corrected chi connectivity index (χ3v) is 2.55. The molecule has 0 saturated carbocycles. The Morgan fingerprint density at radius 1 is 0.280 bits per heavy atom. The minimum Gasteiger partial charge on any atom is -0.508 e. The first kappa shape index (κ1) is 22.8. The molecule has 7 heteroatoms. The van der Waals surface area contributed by atoms with Gasteiger partial charge in [0.05, 0.1) is 0 Å². The Kier molecular flexibility index (Phi) is 11.1. The van der Waals surface area contributed by atoms with Crippen LogP contribution in [0.2, 0.25) is 0 Å². The van der Waals surface area contributed by atoms with E-state index < -0.39 is 0 Å². The van der Waals surface area contributed by atoms with Crippen LogP contribution in [0.3, 0.4) is 0 Å². The SMILES string of the molecule is Oc1ccc(O)cc1.Oc1ccc(O)cc1.Oc1ccc(O)cc1.[Sm]. The molecule has 0 spiro atoms. The number of benzene rings is 3. The fraction of sp³-hybridized carbons (Fsp3) is 0. The van der Waals surface area contributed by atoms with Gasteiger partial charge in [0.25, 0.3) is 0 Å². The summed E-state index contributed by atoms with van der Waals surface area (Å²) in [6.45, 7) is 0. The first-order chi connectivity index (χ1) is 11.4. The Morgan fingerprint density at radius 2 is 0.360 bits per heavy atom. The summed E-state index contributed by atoms with van der Waals surface area (Å²) in [5.41, 5.74) is 0. The molecule has 3 aromatic carbocycles. The Morgan fingerprint density at radius 3 is 0.440 bits per heavy atom. The van der Waals surface area contributed by atoms with Crippen LogP contribution in [-0.2, 0) is 0 Å². The number of aromatic hydroxyl groups is 6. The Labute approximate surface area is 177 Å². The fourth-order valence-electron chi connectivity index (χ4n) is 1.36. The molecule has 0 unspecified atom stereocenters. The average molecular weight is 481 g/mol. The van der Waals surface area contributed by atoms with Crippen LogP contribution in [0, 0.1) is 40.4 Å². The third kappa shape index (κ3) is 11.1. The van der Waals surface area contributed by atoms with Gasteiger partial charge in [-0.25, -0.2) is 0 Å². The maximum atomic E-state index is 8.65. The Balaban J connectivity index is 0.000000339. The second kappa shape index (κ2) is 12.2. The Bertz CT molecular complexity index is 546. The number of phenolic OH excluding ortho intramolecular Hbond substituents is 6. The van der Waals surface area contributed by atoms with E-state index in [1.54, 1.807) is 0 Å². The van der Waals surface area contributed by atoms with Gasteiger partial charge in [0, 0.05) is 40.4 Å². The largest absolute Gasteiger partial charge is 0.508 e. The molecule has 25 heavy (non-hydrogen) atoms. The summed E-state index contributed by atoms with van der Waals surface area (Å²) >= 11 is 0. The van der Waals surface area contributed by atoms with E-state index in [0.717, 1.165) is 0 Å². The van der Waals surface area contributed by atoms with Crippen LogP contribution in [0.5, 0.6) is 34.5 Å². The van der Waals surface area contributed by atoms with Crippen LogP contribution in [0.15, 0.2) is 72.8 Å². The van der Waals surface area contributed by atoms with E-state index in [1.165, 1.54) is 72.8 Å². The summed E-state index contributed by atoms with van der Waals surface area (Å²) in [6, 6.07) is 17.1. The van der Waals surface area contributed by atoms with E-state index in [9.17, 15) is 0 Å². The molecule has 0 aliphatic heterocycles. The molecule has 0 fully saturated rings. The van der Waals surface area contributed by atoms with Gasteiger partial charge in [-0.05, 0) is 72.8 Å². The molecule has 0 aromatic heterocycles. The van der Waals surface area contributed by atoms with Gasteiger partial charge in [-0.3, -0.25) is 0 Å². The van der Waals surface area contributed by atoms with Crippen LogP contribution in [0.4, 0.5) is 0 Å². The van der Waals surface area contributed by atoms with Gasteiger partial charge in [0.2, 0.25) is 0 Å². The van der Waals surface area contributed by atoms with Crippen molar-refractivity contribution in [3.05, 3.63) is 72.8 Å². The molecule has 132 valence electrons. The van der Waals surface area contributed by atoms with Crippen molar-refractivity contribution in [2.24, 2.45) is 0 Å². The van der Waals surface area contributed by atoms with Gasteiger partial charge in [-0.1, -0.05) is 0 Å². The molecule has 0 amide bonds. The van der Waals surface area contributed by atoms with Gasteiger partial charge in [-0.15, -0.1) is 0 Å². The molecule has 0 radical (unpaired) electrons. The predicted octanol–water partition coefficient (Wildman–Crippen LogP) is 3.29. The van der Waals surface area contributed by atoms with Crippen molar-refractivity contribution in [3.63, 3.8) is 0 Å². The molecule has 0 bridgehead atoms. The molecule has 6 nitrogen and oxygen atoms in total. The smallest absolute Gasteiger partial charge is 0.115 e. The summed E-state index contributed by atoms with van der Waals surface area (Å²) in [5, 5.41) is 51.9. The number of hydrogen-bond acceptors (Lipinski definition) is 6. The minimum absolute atomic E-state index is 0. The zero-order valence-electron chi connectivity index (χ0n) is 13.0. The molecule has 6 N–H and O–H groups in total. The molecule has 0 heterocycles. The van der Waals surface area contributed by atoms with Gasteiger partial charge < -0.3 is 30.6 Å². The molecule has 0 saturated heterocycles. The molecule has 0 aliphatic rings. The topological polar surface area (TPSA) is 121 Å². The van der Waals surface area contributed by atoms with E-state index in [2.05, 4.69) is 0 Å². The molecule has 0 aliphatic carbocycles. The maximum Gasteiger partial charge on any atom is 0.115 e. The molecule has 3 rings (SSSR count). The second-order valence-corrected chi connectivity index (χ2v) is 4.55.